The van der Waals surface area contributed by atoms with Gasteiger partial charge in [0.1, 0.15) is 0 Å². The molecule has 0 atom stereocenters. The molecule has 0 spiro atoms. The van der Waals surface area contributed by atoms with Crippen molar-refractivity contribution < 1.29 is 0 Å². The minimum atomic E-state index is 1.17. The predicted molar refractivity (Wildman–Crippen MR) is 203 cm³/mol. The Morgan fingerprint density at radius 1 is 0.340 bits per heavy atom. The molecule has 11 rings (SSSR count). The summed E-state index contributed by atoms with van der Waals surface area (Å²) in [5.74, 6) is 0. The topological polar surface area (TPSA) is 9.86 Å². The summed E-state index contributed by atoms with van der Waals surface area (Å²) in [6, 6.07) is 58.1. The molecule has 218 valence electrons. The van der Waals surface area contributed by atoms with Gasteiger partial charge < -0.3 is 9.13 Å². The highest BCUT2D eigenvalue weighted by atomic mass is 32.1. The van der Waals surface area contributed by atoms with Crippen molar-refractivity contribution in [1.82, 2.24) is 9.13 Å². The van der Waals surface area contributed by atoms with Gasteiger partial charge in [0.2, 0.25) is 0 Å². The summed E-state index contributed by atoms with van der Waals surface area (Å²) in [7, 11) is 0. The fourth-order valence-electron chi connectivity index (χ4n) is 8.09. The molecular weight excluding hydrogens is 589 g/mol. The van der Waals surface area contributed by atoms with E-state index >= 15 is 0 Å². The summed E-state index contributed by atoms with van der Waals surface area (Å²) < 4.78 is 7.65. The molecule has 0 saturated carbocycles. The van der Waals surface area contributed by atoms with Gasteiger partial charge in [0.05, 0.1) is 22.1 Å². The third-order valence-corrected chi connectivity index (χ3v) is 11.2. The highest BCUT2D eigenvalue weighted by molar-refractivity contribution is 7.25. The van der Waals surface area contributed by atoms with Crippen molar-refractivity contribution in [2.24, 2.45) is 0 Å². The average Bonchev–Trinajstić information content (AvgIpc) is 3.78. The highest BCUT2D eigenvalue weighted by Gasteiger charge is 2.24. The third kappa shape index (κ3) is 3.39. The van der Waals surface area contributed by atoms with Crippen molar-refractivity contribution in [3.8, 4) is 11.4 Å². The maximum atomic E-state index is 2.54. The monoisotopic (exact) mass is 614 g/mol. The van der Waals surface area contributed by atoms with E-state index in [0.29, 0.717) is 0 Å². The first-order chi connectivity index (χ1) is 23.3. The molecule has 0 saturated heterocycles. The number of rotatable bonds is 2. The van der Waals surface area contributed by atoms with Crippen molar-refractivity contribution in [2.75, 3.05) is 0 Å². The van der Waals surface area contributed by atoms with Gasteiger partial charge >= 0.3 is 0 Å². The molecule has 0 amide bonds. The lowest BCUT2D eigenvalue weighted by atomic mass is 9.98. The molecule has 0 unspecified atom stereocenters. The molecule has 0 aliphatic rings. The first kappa shape index (κ1) is 25.3. The highest BCUT2D eigenvalue weighted by Crippen LogP contribution is 2.48. The second kappa shape index (κ2) is 9.32. The van der Waals surface area contributed by atoms with Crippen molar-refractivity contribution in [3.05, 3.63) is 158 Å². The normalized spacial score (nSPS) is 12.3. The zero-order valence-electron chi connectivity index (χ0n) is 25.3. The van der Waals surface area contributed by atoms with Crippen LogP contribution in [0.15, 0.2) is 158 Å². The Kier molecular flexibility index (Phi) is 5.02. The SMILES string of the molecule is c1ccc(-n2c3ccccc3c3c4c5cc6ccccc6cc5n(-c5ccc6c(c5)sc5ccccc56)c4c4ccccc4c32)cc1. The van der Waals surface area contributed by atoms with E-state index in [-0.39, 0.29) is 0 Å². The molecule has 0 fully saturated rings. The van der Waals surface area contributed by atoms with E-state index in [4.69, 9.17) is 0 Å². The Labute approximate surface area is 273 Å². The largest absolute Gasteiger partial charge is 0.309 e. The van der Waals surface area contributed by atoms with Crippen LogP contribution in [0.3, 0.4) is 0 Å². The van der Waals surface area contributed by atoms with Gasteiger partial charge in [0.25, 0.3) is 0 Å². The lowest BCUT2D eigenvalue weighted by Crippen LogP contribution is -1.96. The summed E-state index contributed by atoms with van der Waals surface area (Å²) >= 11 is 1.88. The standard InChI is InChI=1S/C44H26N2S/c1-2-14-29(15-3-1)45-37-20-10-8-19-35(37)41-42-36-24-27-12-4-5-13-28(27)25-38(36)46(44(42)34-18-7-6-17-33(34)43(41)45)30-22-23-32-31-16-9-11-21-39(31)47-40(32)26-30/h1-26H. The van der Waals surface area contributed by atoms with Crippen LogP contribution in [-0.4, -0.2) is 9.13 Å². The molecule has 0 aliphatic heterocycles. The van der Waals surface area contributed by atoms with Gasteiger partial charge in [-0.2, -0.15) is 0 Å². The van der Waals surface area contributed by atoms with Crippen molar-refractivity contribution in [3.63, 3.8) is 0 Å². The van der Waals surface area contributed by atoms with E-state index in [1.807, 2.05) is 11.3 Å². The van der Waals surface area contributed by atoms with E-state index in [0.717, 1.165) is 0 Å². The molecular formula is C44H26N2S. The van der Waals surface area contributed by atoms with E-state index in [1.54, 1.807) is 0 Å². The Morgan fingerprint density at radius 3 is 1.70 bits per heavy atom. The number of fused-ring (bicyclic) bond motifs is 14. The van der Waals surface area contributed by atoms with Gasteiger partial charge in [0, 0.05) is 63.9 Å². The van der Waals surface area contributed by atoms with E-state index in [9.17, 15) is 0 Å². The van der Waals surface area contributed by atoms with Gasteiger partial charge in [-0.3, -0.25) is 0 Å². The number of hydrogen-bond donors (Lipinski definition) is 0. The van der Waals surface area contributed by atoms with Crippen molar-refractivity contribution >= 4 is 96.7 Å². The number of aromatic nitrogens is 2. The first-order valence-corrected chi connectivity index (χ1v) is 16.9. The molecule has 2 nitrogen and oxygen atoms in total. The van der Waals surface area contributed by atoms with Crippen LogP contribution in [0.1, 0.15) is 0 Å². The lowest BCUT2D eigenvalue weighted by Gasteiger charge is -2.13. The smallest absolute Gasteiger partial charge is 0.0627 e. The van der Waals surface area contributed by atoms with Gasteiger partial charge in [-0.25, -0.2) is 0 Å². The second-order valence-electron chi connectivity index (χ2n) is 12.5. The summed E-state index contributed by atoms with van der Waals surface area (Å²) in [5.41, 5.74) is 7.33. The molecule has 3 heterocycles. The summed E-state index contributed by atoms with van der Waals surface area (Å²) in [4.78, 5) is 0. The maximum absolute atomic E-state index is 2.54. The minimum absolute atomic E-state index is 1.17. The van der Waals surface area contributed by atoms with E-state index in [1.165, 1.54) is 96.7 Å². The molecule has 0 bridgehead atoms. The maximum Gasteiger partial charge on any atom is 0.0627 e. The Bertz CT molecular complexity index is 3070. The van der Waals surface area contributed by atoms with Gasteiger partial charge in [-0.05, 0) is 59.3 Å². The number of thiophene rings is 1. The van der Waals surface area contributed by atoms with Crippen LogP contribution < -0.4 is 0 Å². The predicted octanol–water partition coefficient (Wildman–Crippen LogP) is 12.6. The van der Waals surface area contributed by atoms with E-state index in [2.05, 4.69) is 167 Å². The lowest BCUT2D eigenvalue weighted by molar-refractivity contribution is 1.18. The molecule has 8 aromatic carbocycles. The second-order valence-corrected chi connectivity index (χ2v) is 13.6. The molecule has 0 radical (unpaired) electrons. The third-order valence-electron chi connectivity index (χ3n) is 10.0. The Morgan fingerprint density at radius 2 is 0.915 bits per heavy atom. The number of hydrogen-bond acceptors (Lipinski definition) is 1. The van der Waals surface area contributed by atoms with Gasteiger partial charge in [-0.1, -0.05) is 109 Å². The summed E-state index contributed by atoms with van der Waals surface area (Å²) in [5, 5.41) is 12.8. The van der Waals surface area contributed by atoms with Crippen LogP contribution in [0.4, 0.5) is 0 Å². The fourth-order valence-corrected chi connectivity index (χ4v) is 9.23. The van der Waals surface area contributed by atoms with Crippen molar-refractivity contribution in [2.45, 2.75) is 0 Å². The van der Waals surface area contributed by atoms with Crippen LogP contribution in [0.25, 0.3) is 96.7 Å². The first-order valence-electron chi connectivity index (χ1n) is 16.1. The average molecular weight is 615 g/mol. The fraction of sp³-hybridized carbons (Fsp3) is 0. The molecule has 3 aromatic heterocycles. The van der Waals surface area contributed by atoms with Crippen LogP contribution in [-0.2, 0) is 0 Å². The quantitative estimate of drug-likeness (QED) is 0.183. The zero-order valence-corrected chi connectivity index (χ0v) is 26.1. The Balaban J connectivity index is 1.41. The summed E-state index contributed by atoms with van der Waals surface area (Å²) in [6.45, 7) is 0. The zero-order chi connectivity index (χ0) is 30.6. The Hall–Kier alpha value is -5.90. The van der Waals surface area contributed by atoms with Crippen LogP contribution >= 0.6 is 11.3 Å². The molecule has 11 aromatic rings. The summed E-state index contributed by atoms with van der Waals surface area (Å²) in [6.07, 6.45) is 0. The van der Waals surface area contributed by atoms with E-state index < -0.39 is 0 Å². The van der Waals surface area contributed by atoms with Crippen LogP contribution in [0.2, 0.25) is 0 Å². The van der Waals surface area contributed by atoms with Gasteiger partial charge in [-0.15, -0.1) is 11.3 Å². The number of para-hydroxylation sites is 2. The van der Waals surface area contributed by atoms with Crippen LogP contribution in [0.5, 0.6) is 0 Å². The molecule has 3 heteroatoms. The number of nitrogens with zero attached hydrogens (tertiary/aromatic N) is 2. The van der Waals surface area contributed by atoms with Gasteiger partial charge in [0.15, 0.2) is 0 Å². The van der Waals surface area contributed by atoms with Crippen molar-refractivity contribution in [1.29, 1.82) is 0 Å². The number of benzene rings is 8. The molecule has 0 N–H and O–H groups in total. The molecule has 0 aliphatic carbocycles. The minimum Gasteiger partial charge on any atom is -0.309 e. The van der Waals surface area contributed by atoms with Crippen LogP contribution in [0, 0.1) is 0 Å². The molecule has 47 heavy (non-hydrogen) atoms.